The molecule has 4 aromatic rings. The van der Waals surface area contributed by atoms with Gasteiger partial charge in [0.2, 0.25) is 5.91 Å². The average Bonchev–Trinajstić information content (AvgIpc) is 3.40. The Morgan fingerprint density at radius 3 is 2.40 bits per heavy atom. The van der Waals surface area contributed by atoms with Gasteiger partial charge in [-0.25, -0.2) is 4.98 Å². The number of imidazole rings is 1. The lowest BCUT2D eigenvalue weighted by Crippen LogP contribution is -2.26. The Kier molecular flexibility index (Phi) is 6.58. The van der Waals surface area contributed by atoms with Crippen molar-refractivity contribution in [3.8, 4) is 5.75 Å². The van der Waals surface area contributed by atoms with E-state index in [1.807, 2.05) is 29.2 Å². The van der Waals surface area contributed by atoms with E-state index in [-0.39, 0.29) is 11.8 Å². The Morgan fingerprint density at radius 2 is 1.60 bits per heavy atom. The van der Waals surface area contributed by atoms with E-state index in [1.54, 1.807) is 0 Å². The zero-order valence-corrected chi connectivity index (χ0v) is 20.8. The van der Waals surface area contributed by atoms with Gasteiger partial charge in [-0.15, -0.1) is 0 Å². The maximum atomic E-state index is 13.1. The van der Waals surface area contributed by atoms with E-state index in [4.69, 9.17) is 9.72 Å². The van der Waals surface area contributed by atoms with Gasteiger partial charge < -0.3 is 14.2 Å². The van der Waals surface area contributed by atoms with Gasteiger partial charge in [0.05, 0.1) is 17.6 Å². The highest BCUT2D eigenvalue weighted by Crippen LogP contribution is 2.36. The summed E-state index contributed by atoms with van der Waals surface area (Å²) in [5.41, 5.74) is 6.63. The van der Waals surface area contributed by atoms with Crippen LogP contribution in [0.25, 0.3) is 11.0 Å². The van der Waals surface area contributed by atoms with Crippen molar-refractivity contribution in [1.82, 2.24) is 9.55 Å². The van der Waals surface area contributed by atoms with Crippen molar-refractivity contribution >= 4 is 22.6 Å². The summed E-state index contributed by atoms with van der Waals surface area (Å²) in [6.07, 6.45) is 2.44. The van der Waals surface area contributed by atoms with E-state index in [2.05, 4.69) is 67.8 Å². The summed E-state index contributed by atoms with van der Waals surface area (Å²) < 4.78 is 8.33. The number of unbranched alkanes of at least 4 members (excludes halogenated alkanes) is 1. The molecule has 0 spiro atoms. The van der Waals surface area contributed by atoms with Gasteiger partial charge in [0.1, 0.15) is 11.6 Å². The predicted molar refractivity (Wildman–Crippen MR) is 141 cm³/mol. The molecule has 0 aliphatic carbocycles. The van der Waals surface area contributed by atoms with Gasteiger partial charge in [-0.1, -0.05) is 48.5 Å². The number of para-hydroxylation sites is 4. The van der Waals surface area contributed by atoms with Crippen LogP contribution < -0.4 is 9.64 Å². The van der Waals surface area contributed by atoms with Gasteiger partial charge in [-0.05, 0) is 68.5 Å². The Labute approximate surface area is 207 Å². The van der Waals surface area contributed by atoms with E-state index in [9.17, 15) is 4.79 Å². The first-order chi connectivity index (χ1) is 17.0. The molecule has 1 atom stereocenters. The Morgan fingerprint density at radius 1 is 0.886 bits per heavy atom. The molecule has 5 nitrogen and oxygen atoms in total. The minimum absolute atomic E-state index is 0.0807. The van der Waals surface area contributed by atoms with Crippen LogP contribution in [0.4, 0.5) is 5.69 Å². The van der Waals surface area contributed by atoms with Crippen LogP contribution in [0.2, 0.25) is 0 Å². The van der Waals surface area contributed by atoms with Crippen molar-refractivity contribution < 1.29 is 9.53 Å². The Balaban J connectivity index is 1.32. The molecule has 1 aromatic heterocycles. The van der Waals surface area contributed by atoms with E-state index >= 15 is 0 Å². The molecular weight excluding hydrogens is 434 g/mol. The highest BCUT2D eigenvalue weighted by molar-refractivity contribution is 5.98. The van der Waals surface area contributed by atoms with Crippen molar-refractivity contribution in [3.05, 3.63) is 89.2 Å². The highest BCUT2D eigenvalue weighted by atomic mass is 16.5. The molecule has 1 aliphatic heterocycles. The number of carbonyl (C=O) groups excluding carboxylic acids is 1. The standard InChI is InChI=1S/C30H33N3O2/c1-21-11-4-7-16-27(21)35-18-9-8-17-32-26-15-6-5-14-25(26)31-30(32)24-19-28(34)33(20-24)29-22(2)12-10-13-23(29)3/h4-7,10-16,24H,8-9,17-20H2,1-3H3. The normalized spacial score (nSPS) is 15.8. The van der Waals surface area contributed by atoms with Gasteiger partial charge in [-0.2, -0.15) is 0 Å². The summed E-state index contributed by atoms with van der Waals surface area (Å²) in [4.78, 5) is 20.1. The second-order valence-electron chi connectivity index (χ2n) is 9.58. The number of amides is 1. The fourth-order valence-corrected chi connectivity index (χ4v) is 5.24. The van der Waals surface area contributed by atoms with Crippen molar-refractivity contribution in [2.45, 2.75) is 52.5 Å². The molecule has 5 rings (SSSR count). The van der Waals surface area contributed by atoms with Crippen molar-refractivity contribution in [3.63, 3.8) is 0 Å². The van der Waals surface area contributed by atoms with Crippen LogP contribution in [0.15, 0.2) is 66.7 Å². The summed E-state index contributed by atoms with van der Waals surface area (Å²) >= 11 is 0. The van der Waals surface area contributed by atoms with Crippen molar-refractivity contribution in [1.29, 1.82) is 0 Å². The van der Waals surface area contributed by atoms with Crippen molar-refractivity contribution in [2.75, 3.05) is 18.1 Å². The number of benzene rings is 3. The third-order valence-corrected chi connectivity index (χ3v) is 7.01. The summed E-state index contributed by atoms with van der Waals surface area (Å²) in [6.45, 7) is 8.46. The lowest BCUT2D eigenvalue weighted by atomic mass is 10.1. The number of ether oxygens (including phenoxy) is 1. The largest absolute Gasteiger partial charge is 0.493 e. The molecule has 1 aliphatic rings. The number of fused-ring (bicyclic) bond motifs is 1. The van der Waals surface area contributed by atoms with E-state index in [0.29, 0.717) is 19.6 Å². The second kappa shape index (κ2) is 9.95. The summed E-state index contributed by atoms with van der Waals surface area (Å²) in [6, 6.07) is 22.6. The molecule has 0 N–H and O–H groups in total. The molecule has 0 saturated carbocycles. The first kappa shape index (κ1) is 23.2. The smallest absolute Gasteiger partial charge is 0.227 e. The van der Waals surface area contributed by atoms with Gasteiger partial charge >= 0.3 is 0 Å². The zero-order chi connectivity index (χ0) is 24.4. The van der Waals surface area contributed by atoms with Crippen LogP contribution in [0, 0.1) is 20.8 Å². The van der Waals surface area contributed by atoms with E-state index in [1.165, 1.54) is 0 Å². The van der Waals surface area contributed by atoms with Gasteiger partial charge in [0, 0.05) is 31.1 Å². The Bertz CT molecular complexity index is 1340. The number of hydrogen-bond acceptors (Lipinski definition) is 3. The summed E-state index contributed by atoms with van der Waals surface area (Å²) in [5.74, 6) is 2.24. The molecule has 1 fully saturated rings. The molecule has 3 aromatic carbocycles. The zero-order valence-electron chi connectivity index (χ0n) is 20.8. The molecule has 1 unspecified atom stereocenters. The van der Waals surface area contributed by atoms with Gasteiger partial charge in [0.25, 0.3) is 0 Å². The van der Waals surface area contributed by atoms with Crippen LogP contribution in [0.5, 0.6) is 5.75 Å². The molecular formula is C30H33N3O2. The summed E-state index contributed by atoms with van der Waals surface area (Å²) in [5, 5.41) is 0. The number of aromatic nitrogens is 2. The topological polar surface area (TPSA) is 47.4 Å². The molecule has 5 heteroatoms. The van der Waals surface area contributed by atoms with Crippen LogP contribution in [-0.4, -0.2) is 28.6 Å². The number of anilines is 1. The molecule has 0 radical (unpaired) electrons. The molecule has 0 bridgehead atoms. The fraction of sp³-hybridized carbons (Fsp3) is 0.333. The molecule has 1 saturated heterocycles. The van der Waals surface area contributed by atoms with Gasteiger partial charge in [-0.3, -0.25) is 4.79 Å². The number of nitrogens with zero attached hydrogens (tertiary/aromatic N) is 3. The predicted octanol–water partition coefficient (Wildman–Crippen LogP) is 6.34. The molecule has 2 heterocycles. The third kappa shape index (κ3) is 4.68. The highest BCUT2D eigenvalue weighted by Gasteiger charge is 2.35. The lowest BCUT2D eigenvalue weighted by Gasteiger charge is -2.21. The van der Waals surface area contributed by atoms with E-state index in [0.717, 1.165) is 64.4 Å². The van der Waals surface area contributed by atoms with Crippen molar-refractivity contribution in [2.24, 2.45) is 0 Å². The minimum atomic E-state index is 0.0807. The summed E-state index contributed by atoms with van der Waals surface area (Å²) in [7, 11) is 0. The Hall–Kier alpha value is -3.60. The number of hydrogen-bond donors (Lipinski definition) is 0. The van der Waals surface area contributed by atoms with Crippen LogP contribution in [-0.2, 0) is 11.3 Å². The first-order valence-electron chi connectivity index (χ1n) is 12.5. The van der Waals surface area contributed by atoms with E-state index < -0.39 is 0 Å². The lowest BCUT2D eigenvalue weighted by molar-refractivity contribution is -0.117. The SMILES string of the molecule is Cc1ccccc1OCCCCn1c(C2CC(=O)N(c3c(C)cccc3C)C2)nc2ccccc21. The first-order valence-corrected chi connectivity index (χ1v) is 12.5. The third-order valence-electron chi connectivity index (χ3n) is 7.01. The van der Waals surface area contributed by atoms with Crippen LogP contribution >= 0.6 is 0 Å². The van der Waals surface area contributed by atoms with Gasteiger partial charge in [0.15, 0.2) is 0 Å². The quantitative estimate of drug-likeness (QED) is 0.284. The van der Waals surface area contributed by atoms with Crippen LogP contribution in [0.1, 0.15) is 47.7 Å². The molecule has 1 amide bonds. The van der Waals surface area contributed by atoms with Crippen LogP contribution in [0.3, 0.4) is 0 Å². The average molecular weight is 468 g/mol. The second-order valence-corrected chi connectivity index (χ2v) is 9.58. The maximum Gasteiger partial charge on any atom is 0.227 e. The number of carbonyl (C=O) groups is 1. The number of rotatable bonds is 8. The minimum Gasteiger partial charge on any atom is -0.493 e. The number of aryl methyl sites for hydroxylation is 4. The fourth-order valence-electron chi connectivity index (χ4n) is 5.24. The maximum absolute atomic E-state index is 13.1. The monoisotopic (exact) mass is 467 g/mol. The molecule has 180 valence electrons. The molecule has 35 heavy (non-hydrogen) atoms.